The number of hydrogen-bond acceptors (Lipinski definition) is 4. The molecule has 1 unspecified atom stereocenters. The predicted molar refractivity (Wildman–Crippen MR) is 118 cm³/mol. The minimum atomic E-state index is -2.20. The van der Waals surface area contributed by atoms with Gasteiger partial charge in [0.2, 0.25) is 5.78 Å². The van der Waals surface area contributed by atoms with Crippen molar-refractivity contribution in [2.75, 3.05) is 0 Å². The summed E-state index contributed by atoms with van der Waals surface area (Å²) < 4.78 is 14.0. The fraction of sp³-hybridized carbons (Fsp3) is 0.238. The lowest BCUT2D eigenvalue weighted by atomic mass is 10.0. The first-order chi connectivity index (χ1) is 13.1. The summed E-state index contributed by atoms with van der Waals surface area (Å²) in [4.78, 5) is 25.9. The van der Waals surface area contributed by atoms with Crippen LogP contribution in [-0.2, 0) is 14.0 Å². The van der Waals surface area contributed by atoms with E-state index in [1.54, 1.807) is 24.3 Å². The van der Waals surface area contributed by atoms with Gasteiger partial charge < -0.3 is 9.16 Å². The van der Waals surface area contributed by atoms with E-state index >= 15 is 0 Å². The molecule has 1 heterocycles. The highest BCUT2D eigenvalue weighted by atomic mass is 79.9. The maximum absolute atomic E-state index is 13.0. The lowest BCUT2D eigenvalue weighted by Gasteiger charge is -2.34. The molecule has 1 atom stereocenters. The maximum Gasteiger partial charge on any atom is 0.273 e. The zero-order valence-corrected chi connectivity index (χ0v) is 20.0. The summed E-state index contributed by atoms with van der Waals surface area (Å²) in [7, 11) is -2.20. The van der Waals surface area contributed by atoms with Gasteiger partial charge in [-0.3, -0.25) is 9.59 Å². The second kappa shape index (κ2) is 8.06. The van der Waals surface area contributed by atoms with Gasteiger partial charge in [-0.1, -0.05) is 56.1 Å². The molecule has 0 N–H and O–H groups in total. The van der Waals surface area contributed by atoms with Gasteiger partial charge in [0.1, 0.15) is 5.76 Å². The van der Waals surface area contributed by atoms with Gasteiger partial charge in [0.25, 0.3) is 5.79 Å². The lowest BCUT2D eigenvalue weighted by molar-refractivity contribution is -0.161. The number of rotatable bonds is 6. The monoisotopic (exact) mass is 522 g/mol. The molecule has 3 rings (SSSR count). The fourth-order valence-electron chi connectivity index (χ4n) is 2.92. The molecule has 0 amide bonds. The molecule has 0 fully saturated rings. The van der Waals surface area contributed by atoms with Gasteiger partial charge in [0.15, 0.2) is 14.1 Å². The van der Waals surface area contributed by atoms with Gasteiger partial charge in [-0.05, 0) is 43.9 Å². The number of carbonyl (C=O) groups excluding carboxylic acids is 2. The molecule has 0 radical (unpaired) electrons. The summed E-state index contributed by atoms with van der Waals surface area (Å²) >= 11 is 6.76. The first kappa shape index (κ1) is 21.2. The van der Waals surface area contributed by atoms with Gasteiger partial charge in [0.05, 0.1) is 6.42 Å². The topological polar surface area (TPSA) is 52.6 Å². The summed E-state index contributed by atoms with van der Waals surface area (Å²) in [6, 6.07) is 14.5. The number of hydrogen-bond donors (Lipinski definition) is 0. The molecule has 0 aliphatic carbocycles. The highest BCUT2D eigenvalue weighted by Crippen LogP contribution is 2.38. The Balaban J connectivity index is 1.91. The number of Topliss-reactive ketones (excluding diaryl/α,β-unsaturated/α-hetero) is 1. The Morgan fingerprint density at radius 1 is 1.00 bits per heavy atom. The van der Waals surface area contributed by atoms with Gasteiger partial charge in [-0.2, -0.15) is 0 Å². The molecular weight excluding hydrogens is 504 g/mol. The van der Waals surface area contributed by atoms with E-state index in [-0.39, 0.29) is 18.0 Å². The molecular formula is C21H20Br2O4Si. The number of benzene rings is 2. The van der Waals surface area contributed by atoms with E-state index in [0.29, 0.717) is 11.3 Å². The van der Waals surface area contributed by atoms with Crippen molar-refractivity contribution in [1.29, 1.82) is 0 Å². The van der Waals surface area contributed by atoms with Crippen LogP contribution in [0.2, 0.25) is 19.6 Å². The molecule has 0 bridgehead atoms. The van der Waals surface area contributed by atoms with Crippen LogP contribution in [0.25, 0.3) is 5.76 Å². The molecule has 146 valence electrons. The molecule has 2 aromatic carbocycles. The van der Waals surface area contributed by atoms with E-state index in [1.165, 1.54) is 6.08 Å². The SMILES string of the molecule is C[Si](C)(C)OC1(CC(=O)c2ccc(Br)cc2)OC(c2ccc(Br)cc2)=CC1=O. The number of ketones is 2. The molecule has 1 aliphatic heterocycles. The number of ether oxygens (including phenoxy) is 1. The van der Waals surface area contributed by atoms with Crippen molar-refractivity contribution in [2.45, 2.75) is 31.8 Å². The summed E-state index contributed by atoms with van der Waals surface area (Å²) in [6.07, 6.45) is 1.26. The van der Waals surface area contributed by atoms with Crippen molar-refractivity contribution >= 4 is 57.5 Å². The Hall–Kier alpha value is -1.54. The second-order valence-electron chi connectivity index (χ2n) is 7.56. The number of carbonyl (C=O) groups is 2. The van der Waals surface area contributed by atoms with Crippen LogP contribution in [0.1, 0.15) is 22.3 Å². The summed E-state index contributed by atoms with van der Waals surface area (Å²) in [6.45, 7) is 5.90. The molecule has 0 saturated carbocycles. The van der Waals surface area contributed by atoms with E-state index in [4.69, 9.17) is 9.16 Å². The molecule has 7 heteroatoms. The van der Waals surface area contributed by atoms with Crippen molar-refractivity contribution in [3.63, 3.8) is 0 Å². The second-order valence-corrected chi connectivity index (χ2v) is 13.8. The van der Waals surface area contributed by atoms with Crippen LogP contribution < -0.4 is 0 Å². The molecule has 0 saturated heterocycles. The molecule has 1 aliphatic rings. The standard InChI is InChI=1S/C21H20Br2O4Si/c1-28(2,3)27-21(13-18(24)14-4-8-16(22)9-5-14)20(25)12-19(26-21)15-6-10-17(23)11-7-15/h4-12H,13H2,1-3H3. The Bertz CT molecular complexity index is 930. The van der Waals surface area contributed by atoms with Crippen molar-refractivity contribution in [3.05, 3.63) is 74.7 Å². The van der Waals surface area contributed by atoms with Crippen LogP contribution in [0.5, 0.6) is 0 Å². The minimum Gasteiger partial charge on any atom is -0.454 e. The average molecular weight is 524 g/mol. The zero-order chi connectivity index (χ0) is 20.5. The van der Waals surface area contributed by atoms with Gasteiger partial charge >= 0.3 is 0 Å². The number of halogens is 2. The highest BCUT2D eigenvalue weighted by Gasteiger charge is 2.50. The van der Waals surface area contributed by atoms with Crippen LogP contribution in [0.3, 0.4) is 0 Å². The van der Waals surface area contributed by atoms with E-state index < -0.39 is 14.1 Å². The third kappa shape index (κ3) is 4.89. The largest absolute Gasteiger partial charge is 0.454 e. The Kier molecular flexibility index (Phi) is 6.10. The van der Waals surface area contributed by atoms with E-state index in [2.05, 4.69) is 31.9 Å². The summed E-state index contributed by atoms with van der Waals surface area (Å²) in [5.41, 5.74) is 1.27. The smallest absolute Gasteiger partial charge is 0.273 e. The Labute approximate surface area is 182 Å². The maximum atomic E-state index is 13.0. The average Bonchev–Trinajstić information content (AvgIpc) is 2.90. The van der Waals surface area contributed by atoms with E-state index in [9.17, 15) is 9.59 Å². The highest BCUT2D eigenvalue weighted by molar-refractivity contribution is 9.10. The minimum absolute atomic E-state index is 0.172. The summed E-state index contributed by atoms with van der Waals surface area (Å²) in [5.74, 6) is -1.74. The van der Waals surface area contributed by atoms with Crippen molar-refractivity contribution < 1.29 is 18.8 Å². The molecule has 0 aromatic heterocycles. The zero-order valence-electron chi connectivity index (χ0n) is 15.8. The van der Waals surface area contributed by atoms with E-state index in [0.717, 1.165) is 14.5 Å². The molecule has 28 heavy (non-hydrogen) atoms. The summed E-state index contributed by atoms with van der Waals surface area (Å²) in [5, 5.41) is 0. The normalized spacial score (nSPS) is 19.3. The molecule has 0 spiro atoms. The first-order valence-electron chi connectivity index (χ1n) is 8.78. The third-order valence-electron chi connectivity index (χ3n) is 4.07. The fourth-order valence-corrected chi connectivity index (χ4v) is 4.65. The van der Waals surface area contributed by atoms with Gasteiger partial charge in [-0.15, -0.1) is 0 Å². The van der Waals surface area contributed by atoms with Crippen LogP contribution >= 0.6 is 31.9 Å². The van der Waals surface area contributed by atoms with Crippen LogP contribution in [0.4, 0.5) is 0 Å². The van der Waals surface area contributed by atoms with Crippen LogP contribution in [0.15, 0.2) is 63.6 Å². The van der Waals surface area contributed by atoms with E-state index in [1.807, 2.05) is 43.9 Å². The first-order valence-corrected chi connectivity index (χ1v) is 13.8. The van der Waals surface area contributed by atoms with Crippen LogP contribution in [0, 0.1) is 0 Å². The third-order valence-corrected chi connectivity index (χ3v) is 6.07. The molecule has 2 aromatic rings. The lowest BCUT2D eigenvalue weighted by Crippen LogP contribution is -2.49. The molecule has 4 nitrogen and oxygen atoms in total. The van der Waals surface area contributed by atoms with Crippen molar-refractivity contribution in [3.8, 4) is 0 Å². The Morgan fingerprint density at radius 3 is 2.07 bits per heavy atom. The predicted octanol–water partition coefficient (Wildman–Crippen LogP) is 5.97. The van der Waals surface area contributed by atoms with Crippen molar-refractivity contribution in [2.24, 2.45) is 0 Å². The quantitative estimate of drug-likeness (QED) is 0.345. The Morgan fingerprint density at radius 2 is 1.54 bits per heavy atom. The van der Waals surface area contributed by atoms with Crippen LogP contribution in [-0.4, -0.2) is 25.7 Å². The van der Waals surface area contributed by atoms with Gasteiger partial charge in [0, 0.05) is 26.1 Å². The van der Waals surface area contributed by atoms with Gasteiger partial charge in [-0.25, -0.2) is 0 Å². The van der Waals surface area contributed by atoms with Crippen molar-refractivity contribution in [1.82, 2.24) is 0 Å².